The molecule has 0 saturated heterocycles. The number of rotatable bonds is 0. The van der Waals surface area contributed by atoms with Gasteiger partial charge in [0.15, 0.2) is 5.43 Å². The molecule has 3 N–H and O–H groups in total. The van der Waals surface area contributed by atoms with Gasteiger partial charge >= 0.3 is 0 Å². The lowest BCUT2D eigenvalue weighted by Crippen LogP contribution is -2.26. The van der Waals surface area contributed by atoms with Gasteiger partial charge in [0.25, 0.3) is 0 Å². The molecule has 0 aliphatic heterocycles. The van der Waals surface area contributed by atoms with E-state index >= 15 is 0 Å². The topological polar surface area (TPSA) is 73.3 Å². The molecule has 86 valence electrons. The molecule has 0 fully saturated rings. The number of aromatic nitrogens is 1. The van der Waals surface area contributed by atoms with Crippen molar-refractivity contribution in [1.82, 2.24) is 4.98 Å². The van der Waals surface area contributed by atoms with E-state index in [9.17, 15) is 15.0 Å². The molecule has 0 spiro atoms. The minimum atomic E-state index is -0.915. The number of fused-ring (bicyclic) bond motifs is 1. The van der Waals surface area contributed by atoms with Gasteiger partial charge in [-0.25, -0.2) is 0 Å². The Bertz CT molecular complexity index is 528. The van der Waals surface area contributed by atoms with E-state index in [1.54, 1.807) is 26.8 Å². The van der Waals surface area contributed by atoms with E-state index in [4.69, 9.17) is 0 Å². The van der Waals surface area contributed by atoms with Crippen molar-refractivity contribution in [3.63, 3.8) is 0 Å². The van der Waals surface area contributed by atoms with Gasteiger partial charge in [-0.3, -0.25) is 4.79 Å². The third-order valence-electron chi connectivity index (χ3n) is 3.18. The Morgan fingerprint density at radius 1 is 1.25 bits per heavy atom. The third-order valence-corrected chi connectivity index (χ3v) is 3.18. The van der Waals surface area contributed by atoms with Crippen LogP contribution in [0.15, 0.2) is 16.4 Å². The maximum absolute atomic E-state index is 12.0. The van der Waals surface area contributed by atoms with Gasteiger partial charge in [0.2, 0.25) is 0 Å². The first-order valence-corrected chi connectivity index (χ1v) is 5.21. The van der Waals surface area contributed by atoms with E-state index < -0.39 is 12.2 Å². The highest BCUT2D eigenvalue weighted by atomic mass is 16.3. The molecule has 1 aliphatic rings. The lowest BCUT2D eigenvalue weighted by molar-refractivity contribution is 0.173. The molecule has 4 nitrogen and oxygen atoms in total. The Balaban J connectivity index is 2.78. The molecule has 2 atom stereocenters. The maximum atomic E-state index is 12.0. The van der Waals surface area contributed by atoms with E-state index in [1.807, 2.05) is 0 Å². The van der Waals surface area contributed by atoms with E-state index in [2.05, 4.69) is 4.98 Å². The second-order valence-electron chi connectivity index (χ2n) is 4.29. The predicted octanol–water partition coefficient (Wildman–Crippen LogP) is 1.02. The van der Waals surface area contributed by atoms with E-state index in [1.165, 1.54) is 0 Å². The van der Waals surface area contributed by atoms with Crippen molar-refractivity contribution in [3.8, 4) is 0 Å². The predicted molar refractivity (Wildman–Crippen MR) is 60.2 cm³/mol. The number of aromatic amines is 1. The van der Waals surface area contributed by atoms with Crippen molar-refractivity contribution in [2.75, 3.05) is 0 Å². The number of aliphatic hydroxyl groups is 2. The normalized spacial score (nSPS) is 23.9. The SMILES string of the molecule is CC1=CC(O)c2[nH]c(C)c(C)c(=O)c2C1O. The summed E-state index contributed by atoms with van der Waals surface area (Å²) in [6.07, 6.45) is -0.204. The Kier molecular flexibility index (Phi) is 2.48. The largest absolute Gasteiger partial charge is 0.384 e. The van der Waals surface area contributed by atoms with Crippen LogP contribution in [0.2, 0.25) is 0 Å². The first-order valence-electron chi connectivity index (χ1n) is 5.21. The second kappa shape index (κ2) is 3.57. The van der Waals surface area contributed by atoms with E-state index in [0.717, 1.165) is 5.69 Å². The molecule has 1 heterocycles. The van der Waals surface area contributed by atoms with Crippen molar-refractivity contribution >= 4 is 0 Å². The number of hydrogen-bond donors (Lipinski definition) is 3. The molecular formula is C12H15NO3. The zero-order chi connectivity index (χ0) is 12.0. The summed E-state index contributed by atoms with van der Waals surface area (Å²) in [5.41, 5.74) is 2.41. The molecule has 2 unspecified atom stereocenters. The van der Waals surface area contributed by atoms with Gasteiger partial charge in [0.1, 0.15) is 12.2 Å². The standard InChI is InChI=1S/C12H15NO3/c1-5-4-8(14)10-9(11(5)15)12(16)6(2)7(3)13-10/h4,8,11,14-15H,1-3H3,(H,13,16). The zero-order valence-corrected chi connectivity index (χ0v) is 9.53. The third kappa shape index (κ3) is 1.42. The summed E-state index contributed by atoms with van der Waals surface area (Å²) in [6, 6.07) is 0. The van der Waals surface area contributed by atoms with Crippen LogP contribution >= 0.6 is 0 Å². The van der Waals surface area contributed by atoms with Gasteiger partial charge in [-0.2, -0.15) is 0 Å². The molecule has 4 heteroatoms. The van der Waals surface area contributed by atoms with E-state index in [-0.39, 0.29) is 11.0 Å². The van der Waals surface area contributed by atoms with Crippen LogP contribution in [0.3, 0.4) is 0 Å². The van der Waals surface area contributed by atoms with Crippen molar-refractivity contribution in [1.29, 1.82) is 0 Å². The number of pyridine rings is 1. The number of H-pyrrole nitrogens is 1. The van der Waals surface area contributed by atoms with Gasteiger partial charge < -0.3 is 15.2 Å². The molecule has 0 saturated carbocycles. The fraction of sp³-hybridized carbons (Fsp3) is 0.417. The fourth-order valence-corrected chi connectivity index (χ4v) is 2.01. The molecular weight excluding hydrogens is 206 g/mol. The summed E-state index contributed by atoms with van der Waals surface area (Å²) < 4.78 is 0. The molecule has 1 aliphatic carbocycles. The molecule has 0 aromatic carbocycles. The average Bonchev–Trinajstić information content (AvgIpc) is 2.22. The molecule has 1 aromatic heterocycles. The first kappa shape index (κ1) is 11.1. The lowest BCUT2D eigenvalue weighted by atomic mass is 9.90. The molecule has 16 heavy (non-hydrogen) atoms. The highest BCUT2D eigenvalue weighted by Gasteiger charge is 2.28. The molecule has 2 rings (SSSR count). The maximum Gasteiger partial charge on any atom is 0.191 e. The van der Waals surface area contributed by atoms with Crippen molar-refractivity contribution in [2.24, 2.45) is 0 Å². The van der Waals surface area contributed by atoms with Crippen molar-refractivity contribution in [3.05, 3.63) is 44.4 Å². The van der Waals surface area contributed by atoms with Crippen LogP contribution in [0.4, 0.5) is 0 Å². The number of nitrogens with one attached hydrogen (secondary N) is 1. The van der Waals surface area contributed by atoms with Gasteiger partial charge in [-0.15, -0.1) is 0 Å². The molecule has 0 radical (unpaired) electrons. The van der Waals surface area contributed by atoms with Crippen molar-refractivity contribution < 1.29 is 10.2 Å². The van der Waals surface area contributed by atoms with Gasteiger partial charge in [-0.05, 0) is 32.4 Å². The number of hydrogen-bond acceptors (Lipinski definition) is 3. The highest BCUT2D eigenvalue weighted by Crippen LogP contribution is 2.32. The van der Waals surface area contributed by atoms with E-state index in [0.29, 0.717) is 16.8 Å². The van der Waals surface area contributed by atoms with Crippen molar-refractivity contribution in [2.45, 2.75) is 33.0 Å². The first-order chi connectivity index (χ1) is 7.43. The summed E-state index contributed by atoms with van der Waals surface area (Å²) in [5.74, 6) is 0. The smallest absolute Gasteiger partial charge is 0.191 e. The highest BCUT2D eigenvalue weighted by molar-refractivity contribution is 5.40. The summed E-state index contributed by atoms with van der Waals surface area (Å²) in [7, 11) is 0. The quantitative estimate of drug-likeness (QED) is 0.573. The minimum absolute atomic E-state index is 0.190. The Hall–Kier alpha value is -1.39. The summed E-state index contributed by atoms with van der Waals surface area (Å²) >= 11 is 0. The van der Waals surface area contributed by atoms with Crippen LogP contribution in [-0.2, 0) is 0 Å². The van der Waals surface area contributed by atoms with Crippen LogP contribution in [0.1, 0.15) is 41.6 Å². The summed E-state index contributed by atoms with van der Waals surface area (Å²) in [5, 5.41) is 19.8. The van der Waals surface area contributed by atoms with Gasteiger partial charge in [0, 0.05) is 11.3 Å². The minimum Gasteiger partial charge on any atom is -0.384 e. The number of aliphatic hydroxyl groups excluding tert-OH is 2. The monoisotopic (exact) mass is 221 g/mol. The van der Waals surface area contributed by atoms with Crippen LogP contribution in [-0.4, -0.2) is 15.2 Å². The molecule has 1 aromatic rings. The average molecular weight is 221 g/mol. The Labute approximate surface area is 93.3 Å². The van der Waals surface area contributed by atoms with Gasteiger partial charge in [0.05, 0.1) is 11.3 Å². The zero-order valence-electron chi connectivity index (χ0n) is 9.53. The number of aryl methyl sites for hydroxylation is 1. The molecule has 0 amide bonds. The molecule has 0 bridgehead atoms. The summed E-state index contributed by atoms with van der Waals surface area (Å²) in [6.45, 7) is 5.19. The Morgan fingerprint density at radius 2 is 1.88 bits per heavy atom. The van der Waals surface area contributed by atoms with Crippen LogP contribution in [0.5, 0.6) is 0 Å². The fourth-order valence-electron chi connectivity index (χ4n) is 2.01. The van der Waals surface area contributed by atoms with Gasteiger partial charge in [-0.1, -0.05) is 0 Å². The summed E-state index contributed by atoms with van der Waals surface area (Å²) in [4.78, 5) is 15.0. The van der Waals surface area contributed by atoms with Crippen LogP contribution < -0.4 is 5.43 Å². The second-order valence-corrected chi connectivity index (χ2v) is 4.29. The Morgan fingerprint density at radius 3 is 2.50 bits per heavy atom. The lowest BCUT2D eigenvalue weighted by Gasteiger charge is -2.24. The van der Waals surface area contributed by atoms with Crippen LogP contribution in [0, 0.1) is 13.8 Å². The van der Waals surface area contributed by atoms with Crippen LogP contribution in [0.25, 0.3) is 0 Å².